The van der Waals surface area contributed by atoms with Crippen LogP contribution in [0, 0.1) is 13.8 Å². The van der Waals surface area contributed by atoms with Crippen LogP contribution in [0.4, 0.5) is 0 Å². The van der Waals surface area contributed by atoms with Gasteiger partial charge in [-0.25, -0.2) is 0 Å². The molecule has 0 bridgehead atoms. The predicted octanol–water partition coefficient (Wildman–Crippen LogP) is 2.50. The van der Waals surface area contributed by atoms with Crippen LogP contribution < -0.4 is 5.32 Å². The Kier molecular flexibility index (Phi) is 4.64. The Bertz CT molecular complexity index is 433. The molecule has 1 aromatic heterocycles. The highest BCUT2D eigenvalue weighted by atomic mass is 16.3. The minimum atomic E-state index is 0.116. The van der Waals surface area contributed by atoms with E-state index in [1.54, 1.807) is 0 Å². The van der Waals surface area contributed by atoms with E-state index in [0.29, 0.717) is 6.04 Å². The first-order valence-corrected chi connectivity index (χ1v) is 7.22. The summed E-state index contributed by atoms with van der Waals surface area (Å²) in [4.78, 5) is 14.7. The molecule has 106 valence electrons. The quantitative estimate of drug-likeness (QED) is 0.909. The predicted molar refractivity (Wildman–Crippen MR) is 75.4 cm³/mol. The van der Waals surface area contributed by atoms with Crippen LogP contribution in [0.5, 0.6) is 0 Å². The molecule has 1 aliphatic rings. The van der Waals surface area contributed by atoms with Crippen molar-refractivity contribution in [2.75, 3.05) is 19.6 Å². The summed E-state index contributed by atoms with van der Waals surface area (Å²) < 4.78 is 5.49. The molecule has 1 amide bonds. The van der Waals surface area contributed by atoms with Crippen LogP contribution in [-0.2, 0) is 0 Å². The minimum absolute atomic E-state index is 0.116. The van der Waals surface area contributed by atoms with Crippen molar-refractivity contribution in [2.45, 2.75) is 46.1 Å². The molecule has 0 aromatic carbocycles. The molecule has 4 heteroatoms. The van der Waals surface area contributed by atoms with Gasteiger partial charge in [0.15, 0.2) is 0 Å². The Morgan fingerprint density at radius 1 is 1.53 bits per heavy atom. The topological polar surface area (TPSA) is 45.5 Å². The molecule has 1 saturated heterocycles. The lowest BCUT2D eigenvalue weighted by Crippen LogP contribution is -2.49. The Balaban J connectivity index is 2.17. The number of furan rings is 1. The number of carbonyl (C=O) groups excluding carboxylic acids is 1. The smallest absolute Gasteiger partial charge is 0.257 e. The summed E-state index contributed by atoms with van der Waals surface area (Å²) >= 11 is 0. The molecular weight excluding hydrogens is 240 g/mol. The normalized spacial score (nSPS) is 19.4. The summed E-state index contributed by atoms with van der Waals surface area (Å²) in [5, 5.41) is 3.38. The van der Waals surface area contributed by atoms with E-state index in [1.807, 2.05) is 24.8 Å². The molecule has 1 atom stereocenters. The summed E-state index contributed by atoms with van der Waals surface area (Å²) in [6.07, 6.45) is 3.22. The fraction of sp³-hybridized carbons (Fsp3) is 0.667. The van der Waals surface area contributed by atoms with Gasteiger partial charge in [0.05, 0.1) is 5.56 Å². The molecule has 0 saturated carbocycles. The van der Waals surface area contributed by atoms with Crippen LogP contribution in [0.3, 0.4) is 0 Å². The summed E-state index contributed by atoms with van der Waals surface area (Å²) in [6.45, 7) is 8.65. The number of rotatable bonds is 4. The standard InChI is InChI=1S/C15H24N2O2/c1-4-8-17(13-6-5-7-16-10-13)15(18)14-9-11(2)19-12(14)3/h9,13,16H,4-8,10H2,1-3H3. The van der Waals surface area contributed by atoms with Gasteiger partial charge in [0.25, 0.3) is 5.91 Å². The molecule has 0 aliphatic carbocycles. The van der Waals surface area contributed by atoms with Crippen molar-refractivity contribution in [2.24, 2.45) is 0 Å². The van der Waals surface area contributed by atoms with Gasteiger partial charge >= 0.3 is 0 Å². The average Bonchev–Trinajstić information content (AvgIpc) is 2.75. The van der Waals surface area contributed by atoms with Crippen molar-refractivity contribution < 1.29 is 9.21 Å². The van der Waals surface area contributed by atoms with Crippen LogP contribution in [0.2, 0.25) is 0 Å². The van der Waals surface area contributed by atoms with Gasteiger partial charge in [-0.15, -0.1) is 0 Å². The van der Waals surface area contributed by atoms with Crippen molar-refractivity contribution in [1.29, 1.82) is 0 Å². The van der Waals surface area contributed by atoms with Crippen molar-refractivity contribution in [3.8, 4) is 0 Å². The van der Waals surface area contributed by atoms with E-state index < -0.39 is 0 Å². The van der Waals surface area contributed by atoms with Gasteiger partial charge in [0, 0.05) is 19.1 Å². The van der Waals surface area contributed by atoms with Crippen LogP contribution in [0.15, 0.2) is 10.5 Å². The maximum Gasteiger partial charge on any atom is 0.257 e. The Hall–Kier alpha value is -1.29. The van der Waals surface area contributed by atoms with Crippen molar-refractivity contribution >= 4 is 5.91 Å². The molecule has 0 spiro atoms. The molecule has 1 N–H and O–H groups in total. The van der Waals surface area contributed by atoms with Gasteiger partial charge in [-0.1, -0.05) is 6.92 Å². The van der Waals surface area contributed by atoms with Crippen LogP contribution in [0.25, 0.3) is 0 Å². The number of amides is 1. The number of nitrogens with one attached hydrogen (secondary N) is 1. The minimum Gasteiger partial charge on any atom is -0.466 e. The van der Waals surface area contributed by atoms with Gasteiger partial charge in [-0.05, 0) is 45.7 Å². The second-order valence-corrected chi connectivity index (χ2v) is 5.33. The van der Waals surface area contributed by atoms with Gasteiger partial charge in [-0.2, -0.15) is 0 Å². The van der Waals surface area contributed by atoms with Crippen molar-refractivity contribution in [3.63, 3.8) is 0 Å². The van der Waals surface area contributed by atoms with E-state index in [1.165, 1.54) is 0 Å². The number of hydrogen-bond acceptors (Lipinski definition) is 3. The number of carbonyl (C=O) groups is 1. The Morgan fingerprint density at radius 3 is 2.84 bits per heavy atom. The molecule has 1 aliphatic heterocycles. The van der Waals surface area contributed by atoms with Crippen LogP contribution in [0.1, 0.15) is 48.1 Å². The van der Waals surface area contributed by atoms with Crippen molar-refractivity contribution in [1.82, 2.24) is 10.2 Å². The lowest BCUT2D eigenvalue weighted by molar-refractivity contribution is 0.0647. The summed E-state index contributed by atoms with van der Waals surface area (Å²) in [5.74, 6) is 1.65. The van der Waals surface area contributed by atoms with Crippen LogP contribution in [-0.4, -0.2) is 36.5 Å². The second-order valence-electron chi connectivity index (χ2n) is 5.33. The molecule has 1 unspecified atom stereocenters. The summed E-state index contributed by atoms with van der Waals surface area (Å²) in [5.41, 5.74) is 0.719. The SMILES string of the molecule is CCCN(C(=O)c1cc(C)oc1C)C1CCCNC1. The second kappa shape index (κ2) is 6.24. The molecule has 2 rings (SSSR count). The monoisotopic (exact) mass is 264 g/mol. The molecule has 1 fully saturated rings. The van der Waals surface area contributed by atoms with Gasteiger partial charge in [0.1, 0.15) is 11.5 Å². The first-order chi connectivity index (χ1) is 9.13. The van der Waals surface area contributed by atoms with E-state index in [0.717, 1.165) is 56.0 Å². The first-order valence-electron chi connectivity index (χ1n) is 7.22. The molecular formula is C15H24N2O2. The number of hydrogen-bond donors (Lipinski definition) is 1. The van der Waals surface area contributed by atoms with E-state index >= 15 is 0 Å². The van der Waals surface area contributed by atoms with Gasteiger partial charge in [-0.3, -0.25) is 4.79 Å². The van der Waals surface area contributed by atoms with E-state index in [-0.39, 0.29) is 5.91 Å². The highest BCUT2D eigenvalue weighted by molar-refractivity contribution is 5.95. The lowest BCUT2D eigenvalue weighted by atomic mass is 10.0. The lowest BCUT2D eigenvalue weighted by Gasteiger charge is -2.34. The zero-order chi connectivity index (χ0) is 13.8. The third-order valence-corrected chi connectivity index (χ3v) is 3.71. The number of nitrogens with zero attached hydrogens (tertiary/aromatic N) is 1. The van der Waals surface area contributed by atoms with E-state index in [4.69, 9.17) is 4.42 Å². The third kappa shape index (κ3) is 3.18. The largest absolute Gasteiger partial charge is 0.466 e. The van der Waals surface area contributed by atoms with Gasteiger partial charge < -0.3 is 14.6 Å². The Labute approximate surface area is 115 Å². The number of piperidine rings is 1. The fourth-order valence-corrected chi connectivity index (χ4v) is 2.79. The highest BCUT2D eigenvalue weighted by Crippen LogP contribution is 2.20. The zero-order valence-corrected chi connectivity index (χ0v) is 12.2. The molecule has 4 nitrogen and oxygen atoms in total. The first kappa shape index (κ1) is 14.1. The summed E-state index contributed by atoms with van der Waals surface area (Å²) in [6, 6.07) is 2.17. The molecule has 19 heavy (non-hydrogen) atoms. The number of aryl methyl sites for hydroxylation is 2. The van der Waals surface area contributed by atoms with Gasteiger partial charge in [0.2, 0.25) is 0 Å². The van der Waals surface area contributed by atoms with Crippen LogP contribution >= 0.6 is 0 Å². The maximum atomic E-state index is 12.7. The maximum absolute atomic E-state index is 12.7. The molecule has 0 radical (unpaired) electrons. The Morgan fingerprint density at radius 2 is 2.32 bits per heavy atom. The molecule has 2 heterocycles. The van der Waals surface area contributed by atoms with Crippen molar-refractivity contribution in [3.05, 3.63) is 23.2 Å². The van der Waals surface area contributed by atoms with E-state index in [9.17, 15) is 4.79 Å². The summed E-state index contributed by atoms with van der Waals surface area (Å²) in [7, 11) is 0. The fourth-order valence-electron chi connectivity index (χ4n) is 2.79. The molecule has 1 aromatic rings. The average molecular weight is 264 g/mol. The third-order valence-electron chi connectivity index (χ3n) is 3.71. The highest BCUT2D eigenvalue weighted by Gasteiger charge is 2.27. The zero-order valence-electron chi connectivity index (χ0n) is 12.2. The van der Waals surface area contributed by atoms with E-state index in [2.05, 4.69) is 12.2 Å².